The highest BCUT2D eigenvalue weighted by Gasteiger charge is 2.43. The summed E-state index contributed by atoms with van der Waals surface area (Å²) in [4.78, 5) is 25.4. The van der Waals surface area contributed by atoms with Crippen molar-refractivity contribution in [3.63, 3.8) is 0 Å². The minimum atomic E-state index is -0.683. The highest BCUT2D eigenvalue weighted by molar-refractivity contribution is 6.04. The third-order valence-electron chi connectivity index (χ3n) is 4.02. The molecular formula is C16H22N2O3. The lowest BCUT2D eigenvalue weighted by Crippen LogP contribution is -2.65. The lowest BCUT2D eigenvalue weighted by atomic mass is 9.83. The van der Waals surface area contributed by atoms with E-state index in [9.17, 15) is 14.7 Å². The van der Waals surface area contributed by atoms with Crippen LogP contribution in [0.1, 0.15) is 31.1 Å². The number of rotatable bonds is 5. The standard InChI is InChI=1S/C16H22N2O3/c1-11(2)16(21)9-18(10-16)8-15(20)17-14-7-5-4-6-13(14)12(3)19/h4-7,11,21H,8-10H2,1-3H3,(H,17,20). The second-order valence-electron chi connectivity index (χ2n) is 6.05. The first-order valence-electron chi connectivity index (χ1n) is 7.16. The van der Waals surface area contributed by atoms with E-state index in [1.165, 1.54) is 6.92 Å². The van der Waals surface area contributed by atoms with Crippen molar-refractivity contribution in [2.24, 2.45) is 5.92 Å². The van der Waals surface area contributed by atoms with Gasteiger partial charge in [0, 0.05) is 18.7 Å². The van der Waals surface area contributed by atoms with Crippen LogP contribution in [0.2, 0.25) is 0 Å². The number of nitrogens with one attached hydrogen (secondary N) is 1. The van der Waals surface area contributed by atoms with E-state index in [1.807, 2.05) is 18.7 Å². The van der Waals surface area contributed by atoms with E-state index >= 15 is 0 Å². The Balaban J connectivity index is 1.91. The van der Waals surface area contributed by atoms with Gasteiger partial charge in [0.05, 0.1) is 17.8 Å². The van der Waals surface area contributed by atoms with Gasteiger partial charge >= 0.3 is 0 Å². The summed E-state index contributed by atoms with van der Waals surface area (Å²) >= 11 is 0. The number of benzene rings is 1. The number of ketones is 1. The van der Waals surface area contributed by atoms with Gasteiger partial charge in [0.2, 0.25) is 5.91 Å². The Hall–Kier alpha value is -1.72. The second-order valence-corrected chi connectivity index (χ2v) is 6.05. The molecule has 0 spiro atoms. The smallest absolute Gasteiger partial charge is 0.238 e. The van der Waals surface area contributed by atoms with Crippen LogP contribution in [0, 0.1) is 5.92 Å². The van der Waals surface area contributed by atoms with Crippen LogP contribution in [0.4, 0.5) is 5.69 Å². The maximum Gasteiger partial charge on any atom is 0.238 e. The Morgan fingerprint density at radius 3 is 2.52 bits per heavy atom. The van der Waals surface area contributed by atoms with Gasteiger partial charge in [-0.1, -0.05) is 26.0 Å². The fourth-order valence-electron chi connectivity index (χ4n) is 2.50. The van der Waals surface area contributed by atoms with Gasteiger partial charge in [-0.15, -0.1) is 0 Å². The number of hydrogen-bond acceptors (Lipinski definition) is 4. The molecule has 1 aliphatic rings. The van der Waals surface area contributed by atoms with Crippen molar-refractivity contribution < 1.29 is 14.7 Å². The van der Waals surface area contributed by atoms with Gasteiger partial charge in [0.1, 0.15) is 0 Å². The molecular weight excluding hydrogens is 268 g/mol. The minimum absolute atomic E-state index is 0.0796. The van der Waals surface area contributed by atoms with Crippen LogP contribution in [0.25, 0.3) is 0 Å². The number of hydrogen-bond donors (Lipinski definition) is 2. The number of nitrogens with zero attached hydrogens (tertiary/aromatic N) is 1. The highest BCUT2D eigenvalue weighted by atomic mass is 16.3. The molecule has 0 bridgehead atoms. The molecule has 1 aromatic carbocycles. The first-order chi connectivity index (χ1) is 9.82. The second kappa shape index (κ2) is 5.95. The molecule has 1 saturated heterocycles. The summed E-state index contributed by atoms with van der Waals surface area (Å²) in [5, 5.41) is 12.9. The van der Waals surface area contributed by atoms with E-state index in [0.29, 0.717) is 24.3 Å². The number of amides is 1. The first-order valence-corrected chi connectivity index (χ1v) is 7.16. The fourth-order valence-corrected chi connectivity index (χ4v) is 2.50. The molecule has 1 heterocycles. The van der Waals surface area contributed by atoms with Crippen molar-refractivity contribution in [3.05, 3.63) is 29.8 Å². The first kappa shape index (κ1) is 15.7. The lowest BCUT2D eigenvalue weighted by Gasteiger charge is -2.48. The van der Waals surface area contributed by atoms with Crippen LogP contribution >= 0.6 is 0 Å². The average molecular weight is 290 g/mol. The minimum Gasteiger partial charge on any atom is -0.387 e. The van der Waals surface area contributed by atoms with E-state index in [4.69, 9.17) is 0 Å². The van der Waals surface area contributed by atoms with E-state index in [0.717, 1.165) is 0 Å². The summed E-state index contributed by atoms with van der Waals surface area (Å²) < 4.78 is 0. The monoisotopic (exact) mass is 290 g/mol. The van der Waals surface area contributed by atoms with Gasteiger partial charge in [-0.2, -0.15) is 0 Å². The summed E-state index contributed by atoms with van der Waals surface area (Å²) in [7, 11) is 0. The third kappa shape index (κ3) is 3.49. The fraction of sp³-hybridized carbons (Fsp3) is 0.500. The molecule has 2 rings (SSSR count). The molecule has 21 heavy (non-hydrogen) atoms. The van der Waals surface area contributed by atoms with Crippen LogP contribution in [0.3, 0.4) is 0 Å². The lowest BCUT2D eigenvalue weighted by molar-refractivity contribution is -0.139. The van der Waals surface area contributed by atoms with Crippen molar-refractivity contribution >= 4 is 17.4 Å². The maximum atomic E-state index is 12.0. The van der Waals surface area contributed by atoms with Crippen LogP contribution in [-0.4, -0.2) is 46.9 Å². The zero-order valence-electron chi connectivity index (χ0n) is 12.7. The molecule has 1 aliphatic heterocycles. The Morgan fingerprint density at radius 2 is 1.95 bits per heavy atom. The molecule has 0 unspecified atom stereocenters. The number of aliphatic hydroxyl groups is 1. The highest BCUT2D eigenvalue weighted by Crippen LogP contribution is 2.28. The van der Waals surface area contributed by atoms with Crippen molar-refractivity contribution in [3.8, 4) is 0 Å². The van der Waals surface area contributed by atoms with Crippen LogP contribution in [-0.2, 0) is 4.79 Å². The quantitative estimate of drug-likeness (QED) is 0.807. The molecule has 1 amide bonds. The normalized spacial score (nSPS) is 17.4. The van der Waals surface area contributed by atoms with Gasteiger partial charge in [0.15, 0.2) is 5.78 Å². The van der Waals surface area contributed by atoms with Gasteiger partial charge in [-0.25, -0.2) is 0 Å². The predicted molar refractivity (Wildman–Crippen MR) is 81.3 cm³/mol. The van der Waals surface area contributed by atoms with Crippen molar-refractivity contribution in [2.75, 3.05) is 25.0 Å². The molecule has 1 aromatic rings. The number of carbonyl (C=O) groups is 2. The van der Waals surface area contributed by atoms with Gasteiger partial charge in [-0.3, -0.25) is 14.5 Å². The third-order valence-corrected chi connectivity index (χ3v) is 4.02. The molecule has 0 saturated carbocycles. The summed E-state index contributed by atoms with van der Waals surface area (Å²) in [6.45, 7) is 6.66. The number of Topliss-reactive ketones (excluding diaryl/α,β-unsaturated/α-hetero) is 1. The number of para-hydroxylation sites is 1. The van der Waals surface area contributed by atoms with Gasteiger partial charge in [-0.05, 0) is 25.0 Å². The van der Waals surface area contributed by atoms with E-state index in [1.54, 1.807) is 24.3 Å². The topological polar surface area (TPSA) is 69.6 Å². The SMILES string of the molecule is CC(=O)c1ccccc1NC(=O)CN1CC(O)(C(C)C)C1. The van der Waals surface area contributed by atoms with Gasteiger partial charge < -0.3 is 10.4 Å². The summed E-state index contributed by atoms with van der Waals surface area (Å²) in [6, 6.07) is 6.96. The van der Waals surface area contributed by atoms with Crippen LogP contribution in [0.5, 0.6) is 0 Å². The van der Waals surface area contributed by atoms with E-state index in [-0.39, 0.29) is 24.2 Å². The van der Waals surface area contributed by atoms with Crippen molar-refractivity contribution in [2.45, 2.75) is 26.4 Å². The molecule has 0 radical (unpaired) electrons. The Kier molecular flexibility index (Phi) is 4.44. The molecule has 5 nitrogen and oxygen atoms in total. The zero-order valence-corrected chi connectivity index (χ0v) is 12.7. The summed E-state index contributed by atoms with van der Waals surface area (Å²) in [5.74, 6) is -0.0752. The molecule has 0 aliphatic carbocycles. The Labute approximate surface area is 125 Å². The number of β-amino-alcohol motifs (C(OH)–C–C–N with tert-alkyl or cyclic N) is 1. The van der Waals surface area contributed by atoms with Crippen LogP contribution < -0.4 is 5.32 Å². The molecule has 5 heteroatoms. The molecule has 0 atom stereocenters. The number of anilines is 1. The Morgan fingerprint density at radius 1 is 1.33 bits per heavy atom. The molecule has 1 fully saturated rings. The van der Waals surface area contributed by atoms with Crippen LogP contribution in [0.15, 0.2) is 24.3 Å². The average Bonchev–Trinajstić information content (AvgIpc) is 2.36. The van der Waals surface area contributed by atoms with Crippen molar-refractivity contribution in [1.82, 2.24) is 4.90 Å². The molecule has 114 valence electrons. The predicted octanol–water partition coefficient (Wildman–Crippen LogP) is 1.53. The summed E-state index contributed by atoms with van der Waals surface area (Å²) in [5.41, 5.74) is 0.361. The molecule has 2 N–H and O–H groups in total. The zero-order chi connectivity index (χ0) is 15.6. The Bertz CT molecular complexity index is 548. The number of carbonyl (C=O) groups excluding carboxylic acids is 2. The van der Waals surface area contributed by atoms with Crippen molar-refractivity contribution in [1.29, 1.82) is 0 Å². The summed E-state index contributed by atoms with van der Waals surface area (Å²) in [6.07, 6.45) is 0. The largest absolute Gasteiger partial charge is 0.387 e. The number of likely N-dealkylation sites (tertiary alicyclic amines) is 1. The maximum absolute atomic E-state index is 12.0. The van der Waals surface area contributed by atoms with E-state index < -0.39 is 5.60 Å². The van der Waals surface area contributed by atoms with E-state index in [2.05, 4.69) is 5.32 Å². The van der Waals surface area contributed by atoms with Gasteiger partial charge in [0.25, 0.3) is 0 Å². The molecule has 0 aromatic heterocycles.